The summed E-state index contributed by atoms with van der Waals surface area (Å²) in [6.45, 7) is 4.30. The van der Waals surface area contributed by atoms with Gasteiger partial charge in [-0.05, 0) is 31.9 Å². The molecule has 0 spiro atoms. The standard InChI is InChI=1S/C19H22N8/c1-14-5-6-15(10-20)18(22-14)27-8-3-4-16(11-27)19-24-23-17(25(19)2)12-26-9-7-21-13-26/h5-7,9,13,16H,3-4,8,11-12H2,1-2H3/t16-/m0/s1. The average molecular weight is 362 g/mol. The van der Waals surface area contributed by atoms with Crippen LogP contribution in [0.5, 0.6) is 0 Å². The van der Waals surface area contributed by atoms with Gasteiger partial charge in [0.25, 0.3) is 0 Å². The highest BCUT2D eigenvalue weighted by Gasteiger charge is 2.27. The van der Waals surface area contributed by atoms with Crippen molar-refractivity contribution in [2.24, 2.45) is 7.05 Å². The molecule has 0 N–H and O–H groups in total. The fraction of sp³-hybridized carbons (Fsp3) is 0.421. The number of hydrogen-bond acceptors (Lipinski definition) is 6. The van der Waals surface area contributed by atoms with Crippen LogP contribution in [0.4, 0.5) is 5.82 Å². The molecule has 0 saturated carbocycles. The minimum atomic E-state index is 0.265. The topological polar surface area (TPSA) is 88.5 Å². The molecule has 138 valence electrons. The summed E-state index contributed by atoms with van der Waals surface area (Å²) in [6.07, 6.45) is 7.56. The molecule has 4 rings (SSSR count). The molecular formula is C19H22N8. The van der Waals surface area contributed by atoms with Gasteiger partial charge in [-0.25, -0.2) is 9.97 Å². The fourth-order valence-electron chi connectivity index (χ4n) is 3.66. The lowest BCUT2D eigenvalue weighted by molar-refractivity contribution is 0.475. The lowest BCUT2D eigenvalue weighted by Crippen LogP contribution is -2.36. The van der Waals surface area contributed by atoms with Gasteiger partial charge in [0.2, 0.25) is 0 Å². The van der Waals surface area contributed by atoms with Crippen molar-refractivity contribution >= 4 is 5.82 Å². The van der Waals surface area contributed by atoms with E-state index in [0.29, 0.717) is 12.1 Å². The van der Waals surface area contributed by atoms with Gasteiger partial charge in [-0.15, -0.1) is 10.2 Å². The zero-order valence-corrected chi connectivity index (χ0v) is 15.6. The second kappa shape index (κ2) is 7.19. The highest BCUT2D eigenvalue weighted by molar-refractivity contribution is 5.54. The SMILES string of the molecule is Cc1ccc(C#N)c(N2CCC[C@H](c3nnc(Cn4ccnc4)n3C)C2)n1. The normalized spacial score (nSPS) is 17.1. The molecule has 1 aliphatic rings. The molecule has 0 radical (unpaired) electrons. The molecule has 3 aromatic heterocycles. The van der Waals surface area contributed by atoms with Crippen LogP contribution in [0.15, 0.2) is 30.9 Å². The molecule has 0 aliphatic carbocycles. The van der Waals surface area contributed by atoms with Gasteiger partial charge < -0.3 is 14.0 Å². The summed E-state index contributed by atoms with van der Waals surface area (Å²) in [4.78, 5) is 10.9. The van der Waals surface area contributed by atoms with Gasteiger partial charge in [-0.1, -0.05) is 0 Å². The van der Waals surface area contributed by atoms with Crippen molar-refractivity contribution < 1.29 is 0 Å². The molecule has 0 unspecified atom stereocenters. The molecule has 27 heavy (non-hydrogen) atoms. The van der Waals surface area contributed by atoms with Crippen molar-refractivity contribution in [2.45, 2.75) is 32.2 Å². The van der Waals surface area contributed by atoms with Crippen LogP contribution in [0, 0.1) is 18.3 Å². The maximum Gasteiger partial charge on any atom is 0.152 e. The van der Waals surface area contributed by atoms with Crippen molar-refractivity contribution in [3.63, 3.8) is 0 Å². The van der Waals surface area contributed by atoms with Crippen LogP contribution in [0.25, 0.3) is 0 Å². The maximum atomic E-state index is 9.44. The summed E-state index contributed by atoms with van der Waals surface area (Å²) >= 11 is 0. The van der Waals surface area contributed by atoms with Gasteiger partial charge in [0.05, 0.1) is 18.4 Å². The Balaban J connectivity index is 1.56. The largest absolute Gasteiger partial charge is 0.355 e. The number of imidazole rings is 1. The van der Waals surface area contributed by atoms with E-state index in [-0.39, 0.29) is 5.92 Å². The zero-order chi connectivity index (χ0) is 18.8. The first-order valence-electron chi connectivity index (χ1n) is 9.12. The summed E-state index contributed by atoms with van der Waals surface area (Å²) in [5, 5.41) is 18.3. The first-order chi connectivity index (χ1) is 13.2. The number of piperidine rings is 1. The number of aromatic nitrogens is 6. The Bertz CT molecular complexity index is 966. The Hall–Kier alpha value is -3.21. The second-order valence-corrected chi connectivity index (χ2v) is 6.99. The summed E-state index contributed by atoms with van der Waals surface area (Å²) in [7, 11) is 2.02. The van der Waals surface area contributed by atoms with Crippen molar-refractivity contribution in [1.82, 2.24) is 29.3 Å². The Kier molecular flexibility index (Phi) is 4.59. The van der Waals surface area contributed by atoms with Crippen molar-refractivity contribution in [3.8, 4) is 6.07 Å². The van der Waals surface area contributed by atoms with E-state index in [1.807, 2.05) is 36.9 Å². The van der Waals surface area contributed by atoms with E-state index in [9.17, 15) is 5.26 Å². The van der Waals surface area contributed by atoms with Crippen LogP contribution in [-0.2, 0) is 13.6 Å². The first kappa shape index (κ1) is 17.2. The third-order valence-electron chi connectivity index (χ3n) is 5.10. The predicted octanol–water partition coefficient (Wildman–Crippen LogP) is 2.02. The molecule has 8 heteroatoms. The van der Waals surface area contributed by atoms with Crippen molar-refractivity contribution in [2.75, 3.05) is 18.0 Å². The number of nitriles is 1. The van der Waals surface area contributed by atoms with E-state index in [2.05, 4.69) is 35.7 Å². The van der Waals surface area contributed by atoms with Gasteiger partial charge in [0, 0.05) is 44.1 Å². The molecule has 4 heterocycles. The number of hydrogen-bond donors (Lipinski definition) is 0. The summed E-state index contributed by atoms with van der Waals surface area (Å²) in [5.41, 5.74) is 1.55. The lowest BCUT2D eigenvalue weighted by atomic mass is 9.96. The molecule has 0 amide bonds. The molecule has 3 aromatic rings. The van der Waals surface area contributed by atoms with Gasteiger partial charge >= 0.3 is 0 Å². The summed E-state index contributed by atoms with van der Waals surface area (Å²) in [6, 6.07) is 6.01. The third kappa shape index (κ3) is 3.40. The second-order valence-electron chi connectivity index (χ2n) is 6.99. The van der Waals surface area contributed by atoms with E-state index in [4.69, 9.17) is 0 Å². The molecule has 1 aliphatic heterocycles. The van der Waals surface area contributed by atoms with Gasteiger partial charge in [-0.3, -0.25) is 0 Å². The van der Waals surface area contributed by atoms with E-state index < -0.39 is 0 Å². The molecule has 0 aromatic carbocycles. The quantitative estimate of drug-likeness (QED) is 0.705. The number of pyridine rings is 1. The molecular weight excluding hydrogens is 340 g/mol. The molecule has 8 nitrogen and oxygen atoms in total. The number of rotatable bonds is 4. The number of aryl methyl sites for hydroxylation is 1. The van der Waals surface area contributed by atoms with E-state index in [0.717, 1.165) is 49.1 Å². The predicted molar refractivity (Wildman–Crippen MR) is 100 cm³/mol. The molecule has 1 atom stereocenters. The Morgan fingerprint density at radius 1 is 1.30 bits per heavy atom. The van der Waals surface area contributed by atoms with E-state index >= 15 is 0 Å². The first-order valence-corrected chi connectivity index (χ1v) is 9.12. The highest BCUT2D eigenvalue weighted by atomic mass is 15.3. The third-order valence-corrected chi connectivity index (χ3v) is 5.10. The highest BCUT2D eigenvalue weighted by Crippen LogP contribution is 2.30. The molecule has 1 saturated heterocycles. The fourth-order valence-corrected chi connectivity index (χ4v) is 3.66. The van der Waals surface area contributed by atoms with Gasteiger partial charge in [0.15, 0.2) is 5.82 Å². The van der Waals surface area contributed by atoms with Crippen LogP contribution in [0.1, 0.15) is 41.7 Å². The van der Waals surface area contributed by atoms with Crippen LogP contribution >= 0.6 is 0 Å². The lowest BCUT2D eigenvalue weighted by Gasteiger charge is -2.33. The Morgan fingerprint density at radius 2 is 2.19 bits per heavy atom. The average Bonchev–Trinajstić information content (AvgIpc) is 3.33. The maximum absolute atomic E-state index is 9.44. The van der Waals surface area contributed by atoms with Crippen molar-refractivity contribution in [1.29, 1.82) is 5.26 Å². The number of anilines is 1. The minimum absolute atomic E-state index is 0.265. The van der Waals surface area contributed by atoms with Crippen molar-refractivity contribution in [3.05, 3.63) is 53.8 Å². The van der Waals surface area contributed by atoms with Crippen LogP contribution in [0.2, 0.25) is 0 Å². The van der Waals surface area contributed by atoms with Crippen LogP contribution in [0.3, 0.4) is 0 Å². The van der Waals surface area contributed by atoms with Gasteiger partial charge in [-0.2, -0.15) is 5.26 Å². The van der Waals surface area contributed by atoms with E-state index in [1.54, 1.807) is 12.5 Å². The summed E-state index contributed by atoms with van der Waals surface area (Å²) in [5.74, 6) is 2.94. The van der Waals surface area contributed by atoms with Crippen LogP contribution < -0.4 is 4.90 Å². The van der Waals surface area contributed by atoms with E-state index in [1.165, 1.54) is 0 Å². The van der Waals surface area contributed by atoms with Gasteiger partial charge in [0.1, 0.15) is 17.7 Å². The zero-order valence-electron chi connectivity index (χ0n) is 15.6. The minimum Gasteiger partial charge on any atom is -0.355 e. The smallest absolute Gasteiger partial charge is 0.152 e. The summed E-state index contributed by atoms with van der Waals surface area (Å²) < 4.78 is 4.07. The Morgan fingerprint density at radius 3 is 2.96 bits per heavy atom. The molecule has 1 fully saturated rings. The Labute approximate surface area is 158 Å². The molecule has 0 bridgehead atoms. The monoisotopic (exact) mass is 362 g/mol. The number of nitrogens with zero attached hydrogens (tertiary/aromatic N) is 8. The van der Waals surface area contributed by atoms with Crippen LogP contribution in [-0.4, -0.2) is 42.4 Å².